The molecule has 32 heavy (non-hydrogen) atoms. The monoisotopic (exact) mass is 458 g/mol. The van der Waals surface area contributed by atoms with Gasteiger partial charge in [0.1, 0.15) is 11.4 Å². The number of hydrogen-bond donors (Lipinski definition) is 0. The number of methoxy groups -OCH3 is 3. The molecule has 0 spiro atoms. The molecule has 0 aliphatic carbocycles. The van der Waals surface area contributed by atoms with Gasteiger partial charge in [-0.05, 0) is 30.7 Å². The van der Waals surface area contributed by atoms with Crippen LogP contribution >= 0.6 is 11.6 Å². The third-order valence-corrected chi connectivity index (χ3v) is 5.53. The summed E-state index contributed by atoms with van der Waals surface area (Å²) in [6.07, 6.45) is 0. The van der Waals surface area contributed by atoms with Crippen molar-refractivity contribution in [1.82, 2.24) is 4.90 Å². The molecule has 0 saturated carbocycles. The zero-order valence-corrected chi connectivity index (χ0v) is 19.4. The molecule has 1 aliphatic rings. The van der Waals surface area contributed by atoms with Gasteiger partial charge in [-0.3, -0.25) is 9.59 Å². The van der Waals surface area contributed by atoms with Crippen molar-refractivity contribution in [3.63, 3.8) is 0 Å². The molecule has 1 aliphatic heterocycles. The first-order chi connectivity index (χ1) is 15.4. The van der Waals surface area contributed by atoms with E-state index < -0.39 is 11.8 Å². The van der Waals surface area contributed by atoms with Crippen LogP contribution in [0.2, 0.25) is 5.02 Å². The summed E-state index contributed by atoms with van der Waals surface area (Å²) >= 11 is 6.20. The van der Waals surface area contributed by atoms with E-state index in [0.29, 0.717) is 48.3 Å². The number of benzene rings is 2. The van der Waals surface area contributed by atoms with Gasteiger partial charge in [0, 0.05) is 37.9 Å². The molecule has 0 fully saturated rings. The first kappa shape index (κ1) is 23.8. The molecule has 0 saturated heterocycles. The molecule has 1 heterocycles. The number of nitrogens with zero attached hydrogens (tertiary/aromatic N) is 2. The molecule has 8 heteroatoms. The molecule has 0 N–H and O–H groups in total. The van der Waals surface area contributed by atoms with Gasteiger partial charge in [-0.2, -0.15) is 0 Å². The Morgan fingerprint density at radius 1 is 0.938 bits per heavy atom. The van der Waals surface area contributed by atoms with E-state index in [1.165, 1.54) is 12.0 Å². The SMILES string of the molecule is COCCN(CCOC)C1=C(c2ccccc2OC)C(=O)N(c2cc(Cl)ccc2C)C1=O. The molecule has 2 aromatic rings. The van der Waals surface area contributed by atoms with Gasteiger partial charge < -0.3 is 19.1 Å². The van der Waals surface area contributed by atoms with Crippen molar-refractivity contribution < 1.29 is 23.8 Å². The summed E-state index contributed by atoms with van der Waals surface area (Å²) in [6.45, 7) is 3.42. The first-order valence-corrected chi connectivity index (χ1v) is 10.6. The Morgan fingerprint density at radius 2 is 1.59 bits per heavy atom. The van der Waals surface area contributed by atoms with Gasteiger partial charge in [-0.1, -0.05) is 35.9 Å². The van der Waals surface area contributed by atoms with E-state index in [1.54, 1.807) is 44.6 Å². The van der Waals surface area contributed by atoms with E-state index in [9.17, 15) is 9.59 Å². The van der Waals surface area contributed by atoms with E-state index in [4.69, 9.17) is 25.8 Å². The molecule has 0 atom stereocenters. The number of para-hydroxylation sites is 1. The van der Waals surface area contributed by atoms with Gasteiger partial charge in [0.05, 0.1) is 31.6 Å². The standard InChI is InChI=1S/C24H27ClN2O5/c1-16-9-10-17(25)15-19(16)27-23(28)21(18-7-5-6-8-20(18)32-4)22(24(27)29)26(11-13-30-2)12-14-31-3/h5-10,15H,11-14H2,1-4H3. The maximum Gasteiger partial charge on any atom is 0.282 e. The molecule has 0 radical (unpaired) electrons. The fourth-order valence-electron chi connectivity index (χ4n) is 3.69. The van der Waals surface area contributed by atoms with E-state index in [2.05, 4.69) is 0 Å². The van der Waals surface area contributed by atoms with Crippen LogP contribution in [0.5, 0.6) is 5.75 Å². The second kappa shape index (κ2) is 10.6. The number of imide groups is 1. The zero-order valence-electron chi connectivity index (χ0n) is 18.7. The third kappa shape index (κ3) is 4.65. The Labute approximate surface area is 193 Å². The average molecular weight is 459 g/mol. The summed E-state index contributed by atoms with van der Waals surface area (Å²) in [5, 5.41) is 0.439. The van der Waals surface area contributed by atoms with Crippen LogP contribution in [-0.2, 0) is 19.1 Å². The highest BCUT2D eigenvalue weighted by molar-refractivity contribution is 6.46. The Bertz CT molecular complexity index is 1030. The van der Waals surface area contributed by atoms with Crippen molar-refractivity contribution >= 4 is 34.7 Å². The second-order valence-corrected chi connectivity index (χ2v) is 7.71. The molecule has 170 valence electrons. The highest BCUT2D eigenvalue weighted by atomic mass is 35.5. The minimum absolute atomic E-state index is 0.277. The number of halogens is 1. The van der Waals surface area contributed by atoms with Gasteiger partial charge in [0.15, 0.2) is 0 Å². The quantitative estimate of drug-likeness (QED) is 0.507. The highest BCUT2D eigenvalue weighted by Gasteiger charge is 2.43. The van der Waals surface area contributed by atoms with Crippen LogP contribution in [0.4, 0.5) is 5.69 Å². The van der Waals surface area contributed by atoms with Gasteiger partial charge in [-0.15, -0.1) is 0 Å². The van der Waals surface area contributed by atoms with E-state index in [1.807, 2.05) is 24.0 Å². The topological polar surface area (TPSA) is 68.3 Å². The summed E-state index contributed by atoms with van der Waals surface area (Å²) in [4.78, 5) is 30.6. The van der Waals surface area contributed by atoms with Crippen LogP contribution in [0.1, 0.15) is 11.1 Å². The van der Waals surface area contributed by atoms with Crippen LogP contribution in [0.3, 0.4) is 0 Å². The smallest absolute Gasteiger partial charge is 0.282 e. The van der Waals surface area contributed by atoms with Gasteiger partial charge in [0.25, 0.3) is 11.8 Å². The lowest BCUT2D eigenvalue weighted by Crippen LogP contribution is -2.38. The fraction of sp³-hybridized carbons (Fsp3) is 0.333. The number of carbonyl (C=O) groups is 2. The average Bonchev–Trinajstić information content (AvgIpc) is 3.05. The summed E-state index contributed by atoms with van der Waals surface area (Å²) in [5.41, 5.74) is 2.32. The predicted molar refractivity (Wildman–Crippen MR) is 124 cm³/mol. The number of hydrogen-bond acceptors (Lipinski definition) is 6. The maximum absolute atomic E-state index is 13.8. The molecule has 0 aromatic heterocycles. The van der Waals surface area contributed by atoms with Gasteiger partial charge in [0.2, 0.25) is 0 Å². The van der Waals surface area contributed by atoms with Crippen LogP contribution in [0, 0.1) is 6.92 Å². The Balaban J connectivity index is 2.21. The molecule has 2 aromatic carbocycles. The summed E-state index contributed by atoms with van der Waals surface area (Å²) in [5.74, 6) is -0.350. The summed E-state index contributed by atoms with van der Waals surface area (Å²) < 4.78 is 16.0. The van der Waals surface area contributed by atoms with Crippen molar-refractivity contribution in [2.75, 3.05) is 52.5 Å². The molecule has 3 rings (SSSR count). The minimum atomic E-state index is -0.431. The fourth-order valence-corrected chi connectivity index (χ4v) is 3.85. The maximum atomic E-state index is 13.8. The summed E-state index contributed by atoms with van der Waals surface area (Å²) in [6, 6.07) is 12.3. The van der Waals surface area contributed by atoms with Gasteiger partial charge >= 0.3 is 0 Å². The highest BCUT2D eigenvalue weighted by Crippen LogP contribution is 2.39. The molecular weight excluding hydrogens is 432 g/mol. The van der Waals surface area contributed by atoms with Crippen molar-refractivity contribution in [2.45, 2.75) is 6.92 Å². The Morgan fingerprint density at radius 3 is 2.22 bits per heavy atom. The molecule has 0 bridgehead atoms. The second-order valence-electron chi connectivity index (χ2n) is 7.27. The number of aryl methyl sites for hydroxylation is 1. The molecule has 7 nitrogen and oxygen atoms in total. The van der Waals surface area contributed by atoms with Crippen LogP contribution < -0.4 is 9.64 Å². The number of ether oxygens (including phenoxy) is 3. The lowest BCUT2D eigenvalue weighted by molar-refractivity contribution is -0.120. The predicted octanol–water partition coefficient (Wildman–Crippen LogP) is 3.54. The van der Waals surface area contributed by atoms with Crippen LogP contribution in [0.25, 0.3) is 5.57 Å². The first-order valence-electron chi connectivity index (χ1n) is 10.2. The third-order valence-electron chi connectivity index (χ3n) is 5.29. The lowest BCUT2D eigenvalue weighted by Gasteiger charge is -2.26. The van der Waals surface area contributed by atoms with Crippen molar-refractivity contribution in [2.24, 2.45) is 0 Å². The number of rotatable bonds is 10. The van der Waals surface area contributed by atoms with Crippen molar-refractivity contribution in [1.29, 1.82) is 0 Å². The van der Waals surface area contributed by atoms with E-state index in [0.717, 1.165) is 5.56 Å². The van der Waals surface area contributed by atoms with Crippen LogP contribution in [0.15, 0.2) is 48.2 Å². The summed E-state index contributed by atoms with van der Waals surface area (Å²) in [7, 11) is 4.72. The van der Waals surface area contributed by atoms with Crippen molar-refractivity contribution in [3.05, 3.63) is 64.3 Å². The molecular formula is C24H27ClN2O5. The molecule has 2 amide bonds. The van der Waals surface area contributed by atoms with E-state index in [-0.39, 0.29) is 11.3 Å². The zero-order chi connectivity index (χ0) is 23.3. The Kier molecular flexibility index (Phi) is 7.90. The van der Waals surface area contributed by atoms with E-state index >= 15 is 0 Å². The number of amides is 2. The minimum Gasteiger partial charge on any atom is -0.496 e. The van der Waals surface area contributed by atoms with Gasteiger partial charge in [-0.25, -0.2) is 4.90 Å². The van der Waals surface area contributed by atoms with Crippen LogP contribution in [-0.4, -0.2) is 64.3 Å². The normalized spacial score (nSPS) is 13.8. The number of carbonyl (C=O) groups excluding carboxylic acids is 2. The Hall–Kier alpha value is -2.87. The van der Waals surface area contributed by atoms with Crippen molar-refractivity contribution in [3.8, 4) is 5.75 Å². The number of anilines is 1. The lowest BCUT2D eigenvalue weighted by atomic mass is 10.0. The largest absolute Gasteiger partial charge is 0.496 e. The molecule has 0 unspecified atom stereocenters.